The van der Waals surface area contributed by atoms with Crippen molar-refractivity contribution < 1.29 is 22.8 Å². The highest BCUT2D eigenvalue weighted by Gasteiger charge is 2.28. The number of rotatable bonds is 9. The lowest BCUT2D eigenvalue weighted by molar-refractivity contribution is -0.131. The molecule has 0 saturated heterocycles. The largest absolute Gasteiger partial charge is 0.368 e. The predicted molar refractivity (Wildman–Crippen MR) is 96.7 cm³/mol. The molecule has 0 fully saturated rings. The molecule has 0 unspecified atom stereocenters. The fourth-order valence-corrected chi connectivity index (χ4v) is 3.67. The van der Waals surface area contributed by atoms with Gasteiger partial charge < -0.3 is 16.4 Å². The topological polar surface area (TPSA) is 135 Å². The molecule has 0 aromatic heterocycles. The number of carbonyl (C=O) groups is 3. The van der Waals surface area contributed by atoms with E-state index in [0.717, 1.165) is 0 Å². The summed E-state index contributed by atoms with van der Waals surface area (Å²) in [5, 5.41) is 4.93. The van der Waals surface area contributed by atoms with Crippen molar-refractivity contribution in [3.63, 3.8) is 0 Å². The quantitative estimate of drug-likeness (QED) is 0.551. The molecule has 144 valence electrons. The predicted octanol–water partition coefficient (Wildman–Crippen LogP) is -0.0188. The SMILES string of the molecule is CC(=O)N[C@@H](C(=O)N[C@@H](CCS(=O)(=O)c1ccccc1)C(N)=O)C(C)C. The van der Waals surface area contributed by atoms with Crippen molar-refractivity contribution in [2.75, 3.05) is 5.75 Å². The first-order chi connectivity index (χ1) is 12.0. The maximum Gasteiger partial charge on any atom is 0.243 e. The van der Waals surface area contributed by atoms with Gasteiger partial charge in [-0.1, -0.05) is 32.0 Å². The Bertz CT molecular complexity index is 747. The first-order valence-electron chi connectivity index (χ1n) is 8.19. The molecule has 0 radical (unpaired) electrons. The van der Waals surface area contributed by atoms with Crippen LogP contribution in [0.2, 0.25) is 0 Å². The van der Waals surface area contributed by atoms with E-state index >= 15 is 0 Å². The Morgan fingerprint density at radius 2 is 1.65 bits per heavy atom. The zero-order chi connectivity index (χ0) is 19.9. The minimum atomic E-state index is -3.61. The molecule has 3 amide bonds. The highest BCUT2D eigenvalue weighted by Crippen LogP contribution is 2.12. The molecule has 0 spiro atoms. The van der Waals surface area contributed by atoms with Crippen molar-refractivity contribution in [2.45, 2.75) is 44.2 Å². The highest BCUT2D eigenvalue weighted by molar-refractivity contribution is 7.91. The smallest absolute Gasteiger partial charge is 0.243 e. The third kappa shape index (κ3) is 6.47. The van der Waals surface area contributed by atoms with E-state index < -0.39 is 33.7 Å². The van der Waals surface area contributed by atoms with Crippen LogP contribution in [-0.2, 0) is 24.2 Å². The van der Waals surface area contributed by atoms with Crippen LogP contribution in [-0.4, -0.2) is 44.0 Å². The van der Waals surface area contributed by atoms with E-state index in [9.17, 15) is 22.8 Å². The van der Waals surface area contributed by atoms with Crippen LogP contribution in [0.15, 0.2) is 35.2 Å². The summed E-state index contributed by atoms with van der Waals surface area (Å²) in [6, 6.07) is 5.80. The summed E-state index contributed by atoms with van der Waals surface area (Å²) in [5.41, 5.74) is 5.29. The van der Waals surface area contributed by atoms with Gasteiger partial charge in [-0.15, -0.1) is 0 Å². The van der Waals surface area contributed by atoms with E-state index in [2.05, 4.69) is 10.6 Å². The van der Waals surface area contributed by atoms with Gasteiger partial charge in [0, 0.05) is 6.92 Å². The second-order valence-corrected chi connectivity index (χ2v) is 8.42. The van der Waals surface area contributed by atoms with Gasteiger partial charge in [0.1, 0.15) is 12.1 Å². The average molecular weight is 383 g/mol. The highest BCUT2D eigenvalue weighted by atomic mass is 32.2. The number of carbonyl (C=O) groups excluding carboxylic acids is 3. The lowest BCUT2D eigenvalue weighted by atomic mass is 10.0. The maximum atomic E-state index is 12.3. The van der Waals surface area contributed by atoms with Crippen molar-refractivity contribution >= 4 is 27.6 Å². The summed E-state index contributed by atoms with van der Waals surface area (Å²) < 4.78 is 24.6. The number of amides is 3. The van der Waals surface area contributed by atoms with E-state index in [1.54, 1.807) is 32.0 Å². The van der Waals surface area contributed by atoms with Crippen LogP contribution in [0.4, 0.5) is 0 Å². The molecule has 0 aliphatic heterocycles. The summed E-state index contributed by atoms with van der Waals surface area (Å²) >= 11 is 0. The van der Waals surface area contributed by atoms with Crippen molar-refractivity contribution in [1.82, 2.24) is 10.6 Å². The van der Waals surface area contributed by atoms with Crippen LogP contribution in [0.1, 0.15) is 27.2 Å². The lowest BCUT2D eigenvalue weighted by Crippen LogP contribution is -2.54. The van der Waals surface area contributed by atoms with Crippen molar-refractivity contribution in [3.8, 4) is 0 Å². The van der Waals surface area contributed by atoms with Crippen LogP contribution in [0, 0.1) is 5.92 Å². The number of hydrogen-bond acceptors (Lipinski definition) is 5. The molecule has 0 bridgehead atoms. The maximum absolute atomic E-state index is 12.3. The summed E-state index contributed by atoms with van der Waals surface area (Å²) in [5.74, 6) is -2.39. The van der Waals surface area contributed by atoms with Gasteiger partial charge in [-0.2, -0.15) is 0 Å². The van der Waals surface area contributed by atoms with E-state index in [0.29, 0.717) is 0 Å². The minimum absolute atomic E-state index is 0.132. The van der Waals surface area contributed by atoms with E-state index in [4.69, 9.17) is 5.73 Å². The van der Waals surface area contributed by atoms with Gasteiger partial charge in [0.05, 0.1) is 10.6 Å². The van der Waals surface area contributed by atoms with Crippen LogP contribution < -0.4 is 16.4 Å². The van der Waals surface area contributed by atoms with Crippen LogP contribution in [0.5, 0.6) is 0 Å². The van der Waals surface area contributed by atoms with Crippen LogP contribution in [0.3, 0.4) is 0 Å². The van der Waals surface area contributed by atoms with Crippen molar-refractivity contribution in [3.05, 3.63) is 30.3 Å². The molecule has 26 heavy (non-hydrogen) atoms. The molecule has 2 atom stereocenters. The monoisotopic (exact) mass is 383 g/mol. The number of benzene rings is 1. The Hall–Kier alpha value is -2.42. The average Bonchev–Trinajstić information content (AvgIpc) is 2.56. The van der Waals surface area contributed by atoms with Gasteiger partial charge >= 0.3 is 0 Å². The fourth-order valence-electron chi connectivity index (χ4n) is 2.32. The normalized spacial score (nSPS) is 13.7. The minimum Gasteiger partial charge on any atom is -0.368 e. The molecule has 0 aliphatic rings. The Morgan fingerprint density at radius 1 is 1.08 bits per heavy atom. The van der Waals surface area contributed by atoms with E-state index in [-0.39, 0.29) is 28.9 Å². The van der Waals surface area contributed by atoms with Gasteiger partial charge in [-0.05, 0) is 24.5 Å². The zero-order valence-electron chi connectivity index (χ0n) is 15.1. The number of primary amides is 1. The molecule has 9 heteroatoms. The standard InChI is InChI=1S/C17H25N3O5S/c1-11(2)15(19-12(3)21)17(23)20-14(16(18)22)9-10-26(24,25)13-7-5-4-6-8-13/h4-8,11,14-15H,9-10H2,1-3H3,(H2,18,22)(H,19,21)(H,20,23)/t14-,15+/m0/s1. The van der Waals surface area contributed by atoms with Crippen molar-refractivity contribution in [2.24, 2.45) is 11.7 Å². The number of nitrogens with one attached hydrogen (secondary N) is 2. The number of nitrogens with two attached hydrogens (primary N) is 1. The summed E-state index contributed by atoms with van der Waals surface area (Å²) in [6.07, 6.45) is -0.164. The Morgan fingerprint density at radius 3 is 2.12 bits per heavy atom. The molecule has 8 nitrogen and oxygen atoms in total. The second kappa shape index (κ2) is 9.33. The molecule has 1 aromatic carbocycles. The molecule has 4 N–H and O–H groups in total. The molecule has 1 aromatic rings. The van der Waals surface area contributed by atoms with Gasteiger partial charge in [-0.3, -0.25) is 14.4 Å². The Labute approximate surface area is 153 Å². The van der Waals surface area contributed by atoms with Gasteiger partial charge in [0.2, 0.25) is 17.7 Å². The van der Waals surface area contributed by atoms with Crippen LogP contribution >= 0.6 is 0 Å². The number of hydrogen-bond donors (Lipinski definition) is 3. The molecule has 1 rings (SSSR count). The Balaban J connectivity index is 2.82. The first kappa shape index (κ1) is 21.6. The van der Waals surface area contributed by atoms with Gasteiger partial charge in [0.15, 0.2) is 9.84 Å². The van der Waals surface area contributed by atoms with Gasteiger partial charge in [-0.25, -0.2) is 8.42 Å². The number of sulfone groups is 1. The molecule has 0 aliphatic carbocycles. The third-order valence-corrected chi connectivity index (χ3v) is 5.51. The molecular weight excluding hydrogens is 358 g/mol. The van der Waals surface area contributed by atoms with Gasteiger partial charge in [0.25, 0.3) is 0 Å². The second-order valence-electron chi connectivity index (χ2n) is 6.31. The van der Waals surface area contributed by atoms with Crippen molar-refractivity contribution in [1.29, 1.82) is 0 Å². The zero-order valence-corrected chi connectivity index (χ0v) is 15.9. The summed E-state index contributed by atoms with van der Waals surface area (Å²) in [6.45, 7) is 4.75. The van der Waals surface area contributed by atoms with E-state index in [1.165, 1.54) is 19.1 Å². The Kier molecular flexibility index (Phi) is 7.76. The lowest BCUT2D eigenvalue weighted by Gasteiger charge is -2.24. The molecule has 0 saturated carbocycles. The van der Waals surface area contributed by atoms with Crippen LogP contribution in [0.25, 0.3) is 0 Å². The molecule has 0 heterocycles. The fraction of sp³-hybridized carbons (Fsp3) is 0.471. The summed E-state index contributed by atoms with van der Waals surface area (Å²) in [4.78, 5) is 35.3. The first-order valence-corrected chi connectivity index (χ1v) is 9.84. The van der Waals surface area contributed by atoms with E-state index in [1.807, 2.05) is 0 Å². The molecular formula is C17H25N3O5S. The third-order valence-electron chi connectivity index (χ3n) is 3.75. The summed E-state index contributed by atoms with van der Waals surface area (Å²) in [7, 11) is -3.61.